The maximum Gasteiger partial charge on any atom is 0.147 e. The van der Waals surface area contributed by atoms with Gasteiger partial charge in [0.05, 0.1) is 24.2 Å². The van der Waals surface area contributed by atoms with Crippen LogP contribution in [0.4, 0.5) is 4.39 Å². The molecule has 5 heteroatoms. The third kappa shape index (κ3) is 2.16. The molecule has 3 nitrogen and oxygen atoms in total. The van der Waals surface area contributed by atoms with Crippen molar-refractivity contribution in [2.75, 3.05) is 7.11 Å². The number of alkyl halides is 1. The van der Waals surface area contributed by atoms with Crippen LogP contribution in [-0.2, 0) is 5.88 Å². The van der Waals surface area contributed by atoms with Gasteiger partial charge in [-0.2, -0.15) is 0 Å². The van der Waals surface area contributed by atoms with Crippen LogP contribution in [0.3, 0.4) is 0 Å². The first-order valence-electron chi connectivity index (χ1n) is 6.53. The van der Waals surface area contributed by atoms with Crippen molar-refractivity contribution in [1.82, 2.24) is 9.55 Å². The van der Waals surface area contributed by atoms with E-state index in [1.807, 2.05) is 31.2 Å². The number of ether oxygens (including phenoxy) is 1. The van der Waals surface area contributed by atoms with E-state index in [-0.39, 0.29) is 11.7 Å². The van der Waals surface area contributed by atoms with Crippen LogP contribution in [0, 0.1) is 12.7 Å². The van der Waals surface area contributed by atoms with Crippen LogP contribution in [0.15, 0.2) is 36.4 Å². The standard InChI is InChI=1S/C16H14ClFN2O/c1-10-5-3-6-11(18)16(10)20-12-7-4-8-13(21-2)15(12)19-14(20)9-17/h3-8H,9H2,1-2H3. The zero-order valence-corrected chi connectivity index (χ0v) is 12.5. The molecular weight excluding hydrogens is 291 g/mol. The van der Waals surface area contributed by atoms with Gasteiger partial charge in [-0.25, -0.2) is 9.37 Å². The fraction of sp³-hybridized carbons (Fsp3) is 0.188. The Kier molecular flexibility index (Phi) is 3.55. The van der Waals surface area contributed by atoms with Gasteiger partial charge in [0, 0.05) is 0 Å². The number of hydrogen-bond acceptors (Lipinski definition) is 2. The van der Waals surface area contributed by atoms with Gasteiger partial charge >= 0.3 is 0 Å². The molecule has 3 aromatic rings. The van der Waals surface area contributed by atoms with Crippen molar-refractivity contribution >= 4 is 22.6 Å². The molecule has 0 saturated heterocycles. The molecule has 0 aliphatic rings. The third-order valence-corrected chi connectivity index (χ3v) is 3.71. The van der Waals surface area contributed by atoms with Crippen molar-refractivity contribution in [1.29, 1.82) is 0 Å². The topological polar surface area (TPSA) is 27.1 Å². The summed E-state index contributed by atoms with van der Waals surface area (Å²) in [5.74, 6) is 1.12. The summed E-state index contributed by atoms with van der Waals surface area (Å²) in [5, 5.41) is 0. The van der Waals surface area contributed by atoms with Gasteiger partial charge < -0.3 is 4.74 Å². The van der Waals surface area contributed by atoms with E-state index in [0.717, 1.165) is 11.1 Å². The second kappa shape index (κ2) is 5.37. The second-order valence-electron chi connectivity index (χ2n) is 4.73. The number of methoxy groups -OCH3 is 1. The van der Waals surface area contributed by atoms with Gasteiger partial charge in [0.15, 0.2) is 0 Å². The third-order valence-electron chi connectivity index (χ3n) is 3.47. The summed E-state index contributed by atoms with van der Waals surface area (Å²) in [6.07, 6.45) is 0. The molecule has 108 valence electrons. The van der Waals surface area contributed by atoms with Gasteiger partial charge in [-0.3, -0.25) is 4.57 Å². The van der Waals surface area contributed by atoms with Crippen LogP contribution in [0.2, 0.25) is 0 Å². The molecule has 1 heterocycles. The SMILES string of the molecule is COc1cccc2c1nc(CCl)n2-c1c(C)cccc1F. The highest BCUT2D eigenvalue weighted by Gasteiger charge is 2.18. The summed E-state index contributed by atoms with van der Waals surface area (Å²) in [6, 6.07) is 10.6. The van der Waals surface area contributed by atoms with Crippen LogP contribution in [0.25, 0.3) is 16.7 Å². The monoisotopic (exact) mass is 304 g/mol. The first-order chi connectivity index (χ1) is 10.2. The number of imidazole rings is 1. The minimum Gasteiger partial charge on any atom is -0.494 e. The Labute approximate surface area is 126 Å². The lowest BCUT2D eigenvalue weighted by Gasteiger charge is -2.12. The van der Waals surface area contributed by atoms with Crippen molar-refractivity contribution in [2.24, 2.45) is 0 Å². The number of aromatic nitrogens is 2. The van der Waals surface area contributed by atoms with Crippen molar-refractivity contribution in [3.05, 3.63) is 53.6 Å². The lowest BCUT2D eigenvalue weighted by atomic mass is 10.2. The summed E-state index contributed by atoms with van der Waals surface area (Å²) in [5.41, 5.74) is 2.75. The summed E-state index contributed by atoms with van der Waals surface area (Å²) in [7, 11) is 1.59. The van der Waals surface area contributed by atoms with Crippen LogP contribution in [-0.4, -0.2) is 16.7 Å². The number of hydrogen-bond donors (Lipinski definition) is 0. The number of aryl methyl sites for hydroxylation is 1. The van der Waals surface area contributed by atoms with E-state index in [1.165, 1.54) is 6.07 Å². The number of halogens is 2. The molecule has 0 radical (unpaired) electrons. The highest BCUT2D eigenvalue weighted by Crippen LogP contribution is 2.31. The van der Waals surface area contributed by atoms with Crippen molar-refractivity contribution in [3.63, 3.8) is 0 Å². The molecule has 0 bridgehead atoms. The number of benzene rings is 2. The molecule has 0 unspecified atom stereocenters. The largest absolute Gasteiger partial charge is 0.494 e. The Morgan fingerprint density at radius 1 is 1.24 bits per heavy atom. The molecule has 0 atom stereocenters. The molecule has 0 amide bonds. The van der Waals surface area contributed by atoms with E-state index in [9.17, 15) is 4.39 Å². The van der Waals surface area contributed by atoms with Gasteiger partial charge in [0.2, 0.25) is 0 Å². The molecule has 1 aromatic heterocycles. The van der Waals surface area contributed by atoms with Gasteiger partial charge in [-0.15, -0.1) is 11.6 Å². The maximum absolute atomic E-state index is 14.3. The lowest BCUT2D eigenvalue weighted by molar-refractivity contribution is 0.419. The number of rotatable bonds is 3. The average Bonchev–Trinajstić information content (AvgIpc) is 2.86. The maximum atomic E-state index is 14.3. The summed E-state index contributed by atoms with van der Waals surface area (Å²) in [4.78, 5) is 4.50. The molecule has 0 aliphatic carbocycles. The van der Waals surface area contributed by atoms with Crippen LogP contribution < -0.4 is 4.74 Å². The molecule has 21 heavy (non-hydrogen) atoms. The normalized spacial score (nSPS) is 11.0. The van der Waals surface area contributed by atoms with Crippen molar-refractivity contribution in [2.45, 2.75) is 12.8 Å². The van der Waals surface area contributed by atoms with Gasteiger partial charge in [-0.1, -0.05) is 18.2 Å². The molecule has 0 N–H and O–H groups in total. The molecule has 0 spiro atoms. The van der Waals surface area contributed by atoms with E-state index in [2.05, 4.69) is 4.98 Å². The summed E-state index contributed by atoms with van der Waals surface area (Å²) >= 11 is 6.01. The molecule has 0 saturated carbocycles. The Morgan fingerprint density at radius 3 is 2.67 bits per heavy atom. The van der Waals surface area contributed by atoms with Crippen molar-refractivity contribution in [3.8, 4) is 11.4 Å². The Hall–Kier alpha value is -2.07. The highest BCUT2D eigenvalue weighted by molar-refractivity contribution is 6.17. The quantitative estimate of drug-likeness (QED) is 0.677. The molecule has 0 aliphatic heterocycles. The number of para-hydroxylation sites is 2. The Bertz CT molecular complexity index is 793. The average molecular weight is 305 g/mol. The fourth-order valence-electron chi connectivity index (χ4n) is 2.53. The van der Waals surface area contributed by atoms with Gasteiger partial charge in [0.1, 0.15) is 22.9 Å². The number of fused-ring (bicyclic) bond motifs is 1. The Morgan fingerprint density at radius 2 is 2.00 bits per heavy atom. The van der Waals surface area contributed by atoms with E-state index in [1.54, 1.807) is 17.7 Å². The Balaban J connectivity index is 2.42. The zero-order valence-electron chi connectivity index (χ0n) is 11.7. The first kappa shape index (κ1) is 13.9. The second-order valence-corrected chi connectivity index (χ2v) is 5.00. The molecule has 3 rings (SSSR count). The first-order valence-corrected chi connectivity index (χ1v) is 7.06. The molecule has 0 fully saturated rings. The minimum atomic E-state index is -0.302. The highest BCUT2D eigenvalue weighted by atomic mass is 35.5. The minimum absolute atomic E-state index is 0.186. The van der Waals surface area contributed by atoms with Gasteiger partial charge in [0.25, 0.3) is 0 Å². The summed E-state index contributed by atoms with van der Waals surface area (Å²) < 4.78 is 21.4. The van der Waals surface area contributed by atoms with E-state index < -0.39 is 0 Å². The summed E-state index contributed by atoms with van der Waals surface area (Å²) in [6.45, 7) is 1.86. The fourth-order valence-corrected chi connectivity index (χ4v) is 2.71. The van der Waals surface area contributed by atoms with Crippen LogP contribution >= 0.6 is 11.6 Å². The van der Waals surface area contributed by atoms with Gasteiger partial charge in [-0.05, 0) is 30.7 Å². The molecule has 2 aromatic carbocycles. The van der Waals surface area contributed by atoms with Crippen molar-refractivity contribution < 1.29 is 9.13 Å². The predicted molar refractivity (Wildman–Crippen MR) is 81.9 cm³/mol. The lowest BCUT2D eigenvalue weighted by Crippen LogP contribution is -2.04. The van der Waals surface area contributed by atoms with Crippen LogP contribution in [0.1, 0.15) is 11.4 Å². The van der Waals surface area contributed by atoms with E-state index in [0.29, 0.717) is 22.8 Å². The van der Waals surface area contributed by atoms with Crippen LogP contribution in [0.5, 0.6) is 5.75 Å². The predicted octanol–water partition coefficient (Wildman–Crippen LogP) is 4.22. The number of nitrogens with zero attached hydrogens (tertiary/aromatic N) is 2. The zero-order chi connectivity index (χ0) is 15.0. The molecular formula is C16H14ClFN2O. The smallest absolute Gasteiger partial charge is 0.147 e. The van der Waals surface area contributed by atoms with E-state index >= 15 is 0 Å². The van der Waals surface area contributed by atoms with E-state index in [4.69, 9.17) is 16.3 Å².